The zero-order chi connectivity index (χ0) is 18.8. The summed E-state index contributed by atoms with van der Waals surface area (Å²) in [4.78, 5) is 0. The van der Waals surface area contributed by atoms with Crippen LogP contribution in [0.2, 0.25) is 0 Å². The average molecular weight is 363 g/mol. The van der Waals surface area contributed by atoms with E-state index in [9.17, 15) is 0 Å². The third-order valence-electron chi connectivity index (χ3n) is 9.35. The first kappa shape index (κ1) is 18.0. The molecule has 146 valence electrons. The molecule has 0 nitrogen and oxygen atoms in total. The Bertz CT molecular complexity index is 738. The fourth-order valence-corrected chi connectivity index (χ4v) is 8.71. The van der Waals surface area contributed by atoms with E-state index in [-0.39, 0.29) is 0 Å². The van der Waals surface area contributed by atoms with Crippen molar-refractivity contribution < 1.29 is 0 Å². The number of fused-ring (bicyclic) bond motifs is 3. The van der Waals surface area contributed by atoms with E-state index in [0.717, 1.165) is 35.5 Å². The van der Waals surface area contributed by atoms with E-state index in [0.29, 0.717) is 11.3 Å². The summed E-state index contributed by atoms with van der Waals surface area (Å²) in [5.41, 5.74) is 5.03. The van der Waals surface area contributed by atoms with Crippen LogP contribution in [0.5, 0.6) is 0 Å². The Balaban J connectivity index is 1.47. The summed E-state index contributed by atoms with van der Waals surface area (Å²) in [6.07, 6.45) is 13.1. The molecule has 0 amide bonds. The third kappa shape index (κ3) is 2.77. The van der Waals surface area contributed by atoms with Crippen LogP contribution in [-0.4, -0.2) is 0 Å². The van der Waals surface area contributed by atoms with Gasteiger partial charge in [0, 0.05) is 5.92 Å². The molecule has 0 spiro atoms. The van der Waals surface area contributed by atoms with Gasteiger partial charge in [-0.25, -0.2) is 0 Å². The monoisotopic (exact) mass is 362 g/mol. The highest BCUT2D eigenvalue weighted by atomic mass is 14.6. The smallest absolute Gasteiger partial charge is 0.0109 e. The predicted molar refractivity (Wildman–Crippen MR) is 116 cm³/mol. The van der Waals surface area contributed by atoms with Gasteiger partial charge in [-0.1, -0.05) is 82.4 Å². The fourth-order valence-electron chi connectivity index (χ4n) is 8.71. The van der Waals surface area contributed by atoms with E-state index in [4.69, 9.17) is 0 Å². The summed E-state index contributed by atoms with van der Waals surface area (Å²) in [5.74, 6) is 6.50. The van der Waals surface area contributed by atoms with Crippen LogP contribution in [-0.2, 0) is 0 Å². The van der Waals surface area contributed by atoms with E-state index >= 15 is 0 Å². The summed E-state index contributed by atoms with van der Waals surface area (Å²) in [6.45, 7) is 10.2. The van der Waals surface area contributed by atoms with Crippen molar-refractivity contribution in [2.75, 3.05) is 0 Å². The van der Waals surface area contributed by atoms with Gasteiger partial charge in [0.05, 0.1) is 0 Å². The zero-order valence-electron chi connectivity index (χ0n) is 17.9. The Morgan fingerprint density at radius 1 is 0.889 bits per heavy atom. The molecule has 3 saturated carbocycles. The Morgan fingerprint density at radius 3 is 2.37 bits per heavy atom. The van der Waals surface area contributed by atoms with E-state index in [2.05, 4.69) is 58.0 Å². The highest BCUT2D eigenvalue weighted by molar-refractivity contribution is 5.66. The lowest BCUT2D eigenvalue weighted by molar-refractivity contribution is 0.0291. The second-order valence-electron chi connectivity index (χ2n) is 11.2. The van der Waals surface area contributed by atoms with Crippen molar-refractivity contribution in [1.82, 2.24) is 0 Å². The molecule has 7 atom stereocenters. The summed E-state index contributed by atoms with van der Waals surface area (Å²) in [6, 6.07) is 9.19. The molecule has 0 heteroatoms. The van der Waals surface area contributed by atoms with E-state index in [1.807, 2.05) is 0 Å². The molecule has 5 rings (SSSR count). The predicted octanol–water partition coefficient (Wildman–Crippen LogP) is 7.70. The molecule has 4 aliphatic carbocycles. The van der Waals surface area contributed by atoms with Gasteiger partial charge >= 0.3 is 0 Å². The molecule has 0 aliphatic heterocycles. The van der Waals surface area contributed by atoms with Crippen molar-refractivity contribution in [2.24, 2.45) is 40.9 Å². The number of hydrogen-bond acceptors (Lipinski definition) is 0. The van der Waals surface area contributed by atoms with Crippen LogP contribution >= 0.6 is 0 Å². The molecule has 3 fully saturated rings. The van der Waals surface area contributed by atoms with Crippen molar-refractivity contribution in [3.8, 4) is 0 Å². The second-order valence-corrected chi connectivity index (χ2v) is 11.2. The Labute approximate surface area is 166 Å². The molecule has 27 heavy (non-hydrogen) atoms. The summed E-state index contributed by atoms with van der Waals surface area (Å²) < 4.78 is 0. The Kier molecular flexibility index (Phi) is 4.34. The van der Waals surface area contributed by atoms with E-state index in [1.165, 1.54) is 37.7 Å². The quantitative estimate of drug-likeness (QED) is 0.505. The number of hydrogen-bond donors (Lipinski definition) is 0. The first-order valence-corrected chi connectivity index (χ1v) is 11.7. The highest BCUT2D eigenvalue weighted by Crippen LogP contribution is 2.63. The highest BCUT2D eigenvalue weighted by Gasteiger charge is 2.54. The molecule has 0 radical (unpaired) electrons. The lowest BCUT2D eigenvalue weighted by Gasteiger charge is -2.49. The van der Waals surface area contributed by atoms with Gasteiger partial charge in [0.1, 0.15) is 0 Å². The van der Waals surface area contributed by atoms with Crippen LogP contribution in [0.4, 0.5) is 0 Å². The summed E-state index contributed by atoms with van der Waals surface area (Å²) >= 11 is 0. The molecule has 0 heterocycles. The van der Waals surface area contributed by atoms with Gasteiger partial charge in [-0.2, -0.15) is 0 Å². The van der Waals surface area contributed by atoms with Crippen LogP contribution in [0.3, 0.4) is 0 Å². The van der Waals surface area contributed by atoms with Gasteiger partial charge in [-0.05, 0) is 78.2 Å². The van der Waals surface area contributed by atoms with Crippen LogP contribution in [0.15, 0.2) is 29.8 Å². The average Bonchev–Trinajstić information content (AvgIpc) is 3.14. The van der Waals surface area contributed by atoms with Gasteiger partial charge in [0.15, 0.2) is 0 Å². The van der Waals surface area contributed by atoms with Crippen molar-refractivity contribution in [2.45, 2.75) is 78.6 Å². The van der Waals surface area contributed by atoms with Crippen LogP contribution in [0.1, 0.15) is 89.7 Å². The Hall–Kier alpha value is -1.04. The van der Waals surface area contributed by atoms with Crippen molar-refractivity contribution in [1.29, 1.82) is 0 Å². The largest absolute Gasteiger partial charge is 0.0647 e. The SMILES string of the molecule is CC1=Cc2ccccc2C1C(C)(C)C1C(C)CC2CC3CCCCC3CC21. The molecule has 0 saturated heterocycles. The summed E-state index contributed by atoms with van der Waals surface area (Å²) in [7, 11) is 0. The van der Waals surface area contributed by atoms with Crippen molar-refractivity contribution in [3.05, 3.63) is 41.0 Å². The first-order valence-electron chi connectivity index (χ1n) is 11.7. The minimum absolute atomic E-state index is 0.355. The second kappa shape index (κ2) is 6.50. The van der Waals surface area contributed by atoms with Crippen LogP contribution < -0.4 is 0 Å². The Morgan fingerprint density at radius 2 is 1.59 bits per heavy atom. The molecule has 1 aromatic rings. The molecule has 0 aromatic heterocycles. The normalized spacial score (nSPS) is 40.9. The molecule has 4 aliphatic rings. The lowest BCUT2D eigenvalue weighted by atomic mass is 9.56. The number of allylic oxidation sites excluding steroid dienone is 1. The summed E-state index contributed by atoms with van der Waals surface area (Å²) in [5, 5.41) is 0. The van der Waals surface area contributed by atoms with Gasteiger partial charge in [-0.15, -0.1) is 0 Å². The minimum Gasteiger partial charge on any atom is -0.0647 e. The van der Waals surface area contributed by atoms with Gasteiger partial charge in [-0.3, -0.25) is 0 Å². The van der Waals surface area contributed by atoms with Gasteiger partial charge < -0.3 is 0 Å². The minimum atomic E-state index is 0.355. The molecule has 0 bridgehead atoms. The maximum Gasteiger partial charge on any atom is 0.0109 e. The number of benzene rings is 1. The first-order chi connectivity index (χ1) is 13.0. The van der Waals surface area contributed by atoms with Crippen molar-refractivity contribution in [3.63, 3.8) is 0 Å². The topological polar surface area (TPSA) is 0 Å². The van der Waals surface area contributed by atoms with Gasteiger partial charge in [0.2, 0.25) is 0 Å². The van der Waals surface area contributed by atoms with Crippen LogP contribution in [0, 0.1) is 40.9 Å². The molecular formula is C27H38. The van der Waals surface area contributed by atoms with Crippen LogP contribution in [0.25, 0.3) is 6.08 Å². The lowest BCUT2D eigenvalue weighted by Crippen LogP contribution is -2.41. The standard InChI is InChI=1S/C27H38/c1-17-13-21-11-7-8-12-23(21)25(17)27(3,4)26-18(2)14-22-15-19-9-5-6-10-20(19)16-24(22)26/h7-8,11-13,18-20,22,24-26H,5-6,9-10,14-16H2,1-4H3. The zero-order valence-corrected chi connectivity index (χ0v) is 17.9. The molecule has 7 unspecified atom stereocenters. The maximum absolute atomic E-state index is 2.62. The molecule has 0 N–H and O–H groups in total. The van der Waals surface area contributed by atoms with E-state index < -0.39 is 0 Å². The third-order valence-corrected chi connectivity index (χ3v) is 9.35. The van der Waals surface area contributed by atoms with Crippen molar-refractivity contribution >= 4 is 6.08 Å². The maximum atomic E-state index is 2.62. The fraction of sp³-hybridized carbons (Fsp3) is 0.704. The number of rotatable bonds is 2. The van der Waals surface area contributed by atoms with E-state index in [1.54, 1.807) is 24.0 Å². The van der Waals surface area contributed by atoms with Gasteiger partial charge in [0.25, 0.3) is 0 Å². The molecule has 1 aromatic carbocycles. The molecular weight excluding hydrogens is 324 g/mol.